The van der Waals surface area contributed by atoms with E-state index in [2.05, 4.69) is 70.5 Å². The molecule has 5 nitrogen and oxygen atoms in total. The van der Waals surface area contributed by atoms with E-state index in [1.807, 2.05) is 0 Å². The normalized spacial score (nSPS) is 16.1. The lowest BCUT2D eigenvalue weighted by atomic mass is 9.67. The zero-order valence-electron chi connectivity index (χ0n) is 18.7. The Morgan fingerprint density at radius 2 is 1.55 bits per heavy atom. The number of carbonyl (C=O) groups is 2. The number of carboxylic acid groups (broad SMARTS) is 2. The lowest BCUT2D eigenvalue weighted by Crippen LogP contribution is -2.29. The van der Waals surface area contributed by atoms with Crippen LogP contribution in [0.2, 0.25) is 0 Å². The summed E-state index contributed by atoms with van der Waals surface area (Å²) < 4.78 is 0. The number of carboxylic acids is 2. The highest BCUT2D eigenvalue weighted by Gasteiger charge is 2.33. The Balaban J connectivity index is 1.94. The average Bonchev–Trinajstić information content (AvgIpc) is 2.69. The van der Waals surface area contributed by atoms with Gasteiger partial charge in [-0.3, -0.25) is 14.6 Å². The molecule has 2 N–H and O–H groups in total. The summed E-state index contributed by atoms with van der Waals surface area (Å²) in [5, 5.41) is 18.2. The van der Waals surface area contributed by atoms with Gasteiger partial charge in [-0.1, -0.05) is 58.6 Å². The third-order valence-electron chi connectivity index (χ3n) is 6.16. The summed E-state index contributed by atoms with van der Waals surface area (Å²) in [6, 6.07) is 7.93. The highest BCUT2D eigenvalue weighted by atomic mass is 16.4. The smallest absolute Gasteiger partial charge is 0.318 e. The molecule has 1 aromatic heterocycles. The number of aromatic nitrogens is 1. The van der Waals surface area contributed by atoms with E-state index in [1.165, 1.54) is 17.3 Å². The minimum atomic E-state index is -1.49. The van der Waals surface area contributed by atoms with Crippen molar-refractivity contribution in [1.82, 2.24) is 4.98 Å². The van der Waals surface area contributed by atoms with Crippen molar-refractivity contribution in [1.29, 1.82) is 0 Å². The molecule has 1 aromatic carbocycles. The van der Waals surface area contributed by atoms with Gasteiger partial charge in [-0.2, -0.15) is 0 Å². The van der Waals surface area contributed by atoms with Gasteiger partial charge in [0.1, 0.15) is 0 Å². The molecule has 31 heavy (non-hydrogen) atoms. The second-order valence-corrected chi connectivity index (χ2v) is 9.45. The van der Waals surface area contributed by atoms with Crippen LogP contribution >= 0.6 is 0 Å². The van der Waals surface area contributed by atoms with Gasteiger partial charge in [-0.25, -0.2) is 0 Å². The van der Waals surface area contributed by atoms with Crippen molar-refractivity contribution in [3.05, 3.63) is 82.7 Å². The molecule has 0 radical (unpaired) electrons. The summed E-state index contributed by atoms with van der Waals surface area (Å²) in [6.45, 7) is 15.2. The summed E-state index contributed by atoms with van der Waals surface area (Å²) >= 11 is 0. The minimum absolute atomic E-state index is 0.0415. The lowest BCUT2D eigenvalue weighted by molar-refractivity contribution is -0.154. The standard InChI is InChI=1S/C26H29NO4/c1-15-11-20-21(26(5,6)10-9-25(20,3)4)13-18(15)16(2)22-8-7-17(14-27-22)12-19(23(28)29)24(30)31/h7-11,13-14,19H,2,12H2,1,3-6H3,(H,28,29)(H,30,31). The van der Waals surface area contributed by atoms with Gasteiger partial charge in [0.25, 0.3) is 0 Å². The van der Waals surface area contributed by atoms with Gasteiger partial charge >= 0.3 is 11.9 Å². The van der Waals surface area contributed by atoms with Gasteiger partial charge in [-0.15, -0.1) is 0 Å². The maximum atomic E-state index is 11.1. The number of pyridine rings is 1. The van der Waals surface area contributed by atoms with Crippen molar-refractivity contribution in [3.8, 4) is 0 Å². The molecule has 5 heteroatoms. The molecule has 1 aliphatic carbocycles. The van der Waals surface area contributed by atoms with Crippen molar-refractivity contribution in [3.63, 3.8) is 0 Å². The number of fused-ring (bicyclic) bond motifs is 1. The fourth-order valence-corrected chi connectivity index (χ4v) is 4.07. The van der Waals surface area contributed by atoms with Crippen molar-refractivity contribution in [2.45, 2.75) is 51.9 Å². The first-order chi connectivity index (χ1) is 14.3. The average molecular weight is 420 g/mol. The number of rotatable bonds is 6. The Kier molecular flexibility index (Phi) is 5.66. The number of aryl methyl sites for hydroxylation is 1. The van der Waals surface area contributed by atoms with Crippen LogP contribution in [0.15, 0.2) is 49.2 Å². The van der Waals surface area contributed by atoms with Gasteiger partial charge < -0.3 is 10.2 Å². The molecular weight excluding hydrogens is 390 g/mol. The number of hydrogen-bond donors (Lipinski definition) is 2. The second kappa shape index (κ2) is 7.80. The molecule has 0 amide bonds. The number of benzene rings is 1. The van der Waals surface area contributed by atoms with E-state index in [0.29, 0.717) is 11.3 Å². The minimum Gasteiger partial charge on any atom is -0.481 e. The first-order valence-corrected chi connectivity index (χ1v) is 10.3. The quantitative estimate of drug-likeness (QED) is 0.513. The maximum absolute atomic E-state index is 11.1. The predicted octanol–water partition coefficient (Wildman–Crippen LogP) is 4.90. The third-order valence-corrected chi connectivity index (χ3v) is 6.16. The van der Waals surface area contributed by atoms with Crippen molar-refractivity contribution < 1.29 is 19.8 Å². The summed E-state index contributed by atoms with van der Waals surface area (Å²) in [6.07, 6.45) is 5.94. The van der Waals surface area contributed by atoms with E-state index in [-0.39, 0.29) is 17.3 Å². The van der Waals surface area contributed by atoms with Gasteiger partial charge in [-0.05, 0) is 53.3 Å². The van der Waals surface area contributed by atoms with Gasteiger partial charge in [0.2, 0.25) is 0 Å². The van der Waals surface area contributed by atoms with E-state index in [9.17, 15) is 9.59 Å². The molecule has 1 heterocycles. The summed E-state index contributed by atoms with van der Waals surface area (Å²) in [7, 11) is 0. The number of allylic oxidation sites excluding steroid dienone is 2. The largest absolute Gasteiger partial charge is 0.481 e. The predicted molar refractivity (Wildman–Crippen MR) is 121 cm³/mol. The number of hydrogen-bond acceptors (Lipinski definition) is 3. The molecule has 0 saturated heterocycles. The molecule has 1 aliphatic rings. The van der Waals surface area contributed by atoms with E-state index >= 15 is 0 Å². The molecule has 0 bridgehead atoms. The van der Waals surface area contributed by atoms with Crippen LogP contribution in [0.4, 0.5) is 0 Å². The monoisotopic (exact) mass is 419 g/mol. The first kappa shape index (κ1) is 22.5. The van der Waals surface area contributed by atoms with Crippen LogP contribution in [0, 0.1) is 12.8 Å². The fraction of sp³-hybridized carbons (Fsp3) is 0.346. The maximum Gasteiger partial charge on any atom is 0.318 e. The van der Waals surface area contributed by atoms with Crippen LogP contribution in [-0.2, 0) is 26.8 Å². The molecule has 0 spiro atoms. The fourth-order valence-electron chi connectivity index (χ4n) is 4.07. The zero-order valence-corrected chi connectivity index (χ0v) is 18.7. The van der Waals surface area contributed by atoms with E-state index in [4.69, 9.17) is 10.2 Å². The molecule has 0 fully saturated rings. The second-order valence-electron chi connectivity index (χ2n) is 9.45. The van der Waals surface area contributed by atoms with Crippen molar-refractivity contribution >= 4 is 17.5 Å². The van der Waals surface area contributed by atoms with E-state index in [1.54, 1.807) is 12.1 Å². The van der Waals surface area contributed by atoms with E-state index < -0.39 is 17.9 Å². The van der Waals surface area contributed by atoms with Gasteiger partial charge in [0, 0.05) is 22.6 Å². The Hall–Kier alpha value is -3.21. The van der Waals surface area contributed by atoms with Crippen LogP contribution in [-0.4, -0.2) is 27.1 Å². The highest BCUT2D eigenvalue weighted by molar-refractivity contribution is 5.93. The number of nitrogens with zero attached hydrogens (tertiary/aromatic N) is 1. The first-order valence-electron chi connectivity index (χ1n) is 10.3. The molecule has 162 valence electrons. The summed E-state index contributed by atoms with van der Waals surface area (Å²) in [4.78, 5) is 26.7. The lowest BCUT2D eigenvalue weighted by Gasteiger charge is -2.37. The Bertz CT molecular complexity index is 1080. The van der Waals surface area contributed by atoms with Crippen molar-refractivity contribution in [2.24, 2.45) is 5.92 Å². The SMILES string of the molecule is C=C(c1ccc(CC(C(=O)O)C(=O)O)cn1)c1cc2c(cc1C)C(C)(C)C=CC2(C)C. The molecule has 0 atom stereocenters. The highest BCUT2D eigenvalue weighted by Crippen LogP contribution is 2.43. The molecule has 0 aliphatic heterocycles. The van der Waals surface area contributed by atoms with Crippen LogP contribution < -0.4 is 0 Å². The molecule has 0 unspecified atom stereocenters. The van der Waals surface area contributed by atoms with Gasteiger partial charge in [0.05, 0.1) is 5.69 Å². The zero-order chi connectivity index (χ0) is 23.1. The van der Waals surface area contributed by atoms with E-state index in [0.717, 1.165) is 16.7 Å². The number of aliphatic carboxylic acids is 2. The van der Waals surface area contributed by atoms with Crippen LogP contribution in [0.25, 0.3) is 5.57 Å². The molecule has 2 aromatic rings. The summed E-state index contributed by atoms with van der Waals surface area (Å²) in [5.41, 5.74) is 6.60. The van der Waals surface area contributed by atoms with Crippen molar-refractivity contribution in [2.75, 3.05) is 0 Å². The van der Waals surface area contributed by atoms with Gasteiger partial charge in [0.15, 0.2) is 5.92 Å². The molecule has 3 rings (SSSR count). The van der Waals surface area contributed by atoms with Crippen LogP contribution in [0.3, 0.4) is 0 Å². The molecule has 0 saturated carbocycles. The topological polar surface area (TPSA) is 87.5 Å². The van der Waals surface area contributed by atoms with Crippen LogP contribution in [0.1, 0.15) is 61.2 Å². The Morgan fingerprint density at radius 3 is 2.03 bits per heavy atom. The third kappa shape index (κ3) is 4.31. The molecular formula is C26H29NO4. The summed E-state index contributed by atoms with van der Waals surface area (Å²) in [5.74, 6) is -4.20. The Labute approximate surface area is 183 Å². The Morgan fingerprint density at radius 1 is 1.00 bits per heavy atom. The van der Waals surface area contributed by atoms with Crippen LogP contribution in [0.5, 0.6) is 0 Å².